The van der Waals surface area contributed by atoms with Crippen LogP contribution in [-0.2, 0) is 19.1 Å². The highest BCUT2D eigenvalue weighted by Crippen LogP contribution is 2.32. The topological polar surface area (TPSA) is 89.7 Å². The van der Waals surface area contributed by atoms with Crippen LogP contribution in [0.3, 0.4) is 0 Å². The summed E-state index contributed by atoms with van der Waals surface area (Å²) in [4.78, 5) is 37.9. The molecule has 1 aliphatic rings. The molecule has 0 bridgehead atoms. The molecule has 6 nitrogen and oxygen atoms in total. The smallest absolute Gasteiger partial charge is 0.336 e. The van der Waals surface area contributed by atoms with Crippen molar-refractivity contribution in [1.29, 1.82) is 0 Å². The van der Waals surface area contributed by atoms with E-state index in [1.165, 1.54) is 6.92 Å². The molecule has 2 N–H and O–H groups in total. The van der Waals surface area contributed by atoms with E-state index in [0.717, 1.165) is 4.90 Å². The number of para-hydroxylation sites is 1. The number of nitrogens with zero attached hydrogens (tertiary/aromatic N) is 1. The Labute approximate surface area is 128 Å². The number of allylic oxidation sites excluding steroid dienone is 1. The molecule has 116 valence electrons. The summed E-state index contributed by atoms with van der Waals surface area (Å²) >= 11 is 0. The van der Waals surface area contributed by atoms with E-state index in [-0.39, 0.29) is 30.2 Å². The van der Waals surface area contributed by atoms with Gasteiger partial charge in [0.15, 0.2) is 0 Å². The number of hydrogen-bond acceptors (Lipinski definition) is 5. The molecule has 2 rings (SSSR count). The molecule has 0 spiro atoms. The van der Waals surface area contributed by atoms with Crippen molar-refractivity contribution in [3.05, 3.63) is 41.6 Å². The minimum atomic E-state index is -0.892. The van der Waals surface area contributed by atoms with Crippen LogP contribution in [0.1, 0.15) is 20.3 Å². The van der Waals surface area contributed by atoms with Gasteiger partial charge >= 0.3 is 5.97 Å². The fraction of sp³-hybridized carbons (Fsp3) is 0.312. The molecule has 1 fully saturated rings. The molecule has 6 heteroatoms. The van der Waals surface area contributed by atoms with Crippen LogP contribution < -0.4 is 10.6 Å². The summed E-state index contributed by atoms with van der Waals surface area (Å²) in [6.45, 7) is 3.36. The maximum absolute atomic E-state index is 12.6. The Hall–Kier alpha value is -2.63. The van der Waals surface area contributed by atoms with Crippen LogP contribution in [0.15, 0.2) is 41.6 Å². The average molecular weight is 302 g/mol. The molecule has 1 aromatic rings. The zero-order valence-electron chi connectivity index (χ0n) is 12.5. The number of anilines is 1. The zero-order chi connectivity index (χ0) is 16.3. The Morgan fingerprint density at radius 2 is 1.95 bits per heavy atom. The third-order valence-electron chi connectivity index (χ3n) is 3.43. The lowest BCUT2D eigenvalue weighted by molar-refractivity contribution is -0.140. The molecule has 0 saturated carbocycles. The van der Waals surface area contributed by atoms with Crippen LogP contribution in [0.2, 0.25) is 0 Å². The lowest BCUT2D eigenvalue weighted by Gasteiger charge is -2.16. The Morgan fingerprint density at radius 1 is 1.32 bits per heavy atom. The van der Waals surface area contributed by atoms with Crippen LogP contribution in [0.4, 0.5) is 5.69 Å². The maximum atomic E-state index is 12.6. The summed E-state index contributed by atoms with van der Waals surface area (Å²) in [5, 5.41) is 0. The predicted molar refractivity (Wildman–Crippen MR) is 80.6 cm³/mol. The van der Waals surface area contributed by atoms with Gasteiger partial charge in [-0.05, 0) is 26.0 Å². The van der Waals surface area contributed by atoms with Crippen molar-refractivity contribution in [1.82, 2.24) is 0 Å². The summed E-state index contributed by atoms with van der Waals surface area (Å²) in [6, 6.07) is 8.60. The van der Waals surface area contributed by atoms with Crippen molar-refractivity contribution in [3.8, 4) is 0 Å². The highest BCUT2D eigenvalue weighted by molar-refractivity contribution is 6.23. The molecule has 0 radical (unpaired) electrons. The van der Waals surface area contributed by atoms with Crippen LogP contribution in [0.5, 0.6) is 0 Å². The number of ether oxygens (including phenoxy) is 1. The van der Waals surface area contributed by atoms with Gasteiger partial charge < -0.3 is 10.5 Å². The van der Waals surface area contributed by atoms with Crippen LogP contribution in [0.25, 0.3) is 0 Å². The molecule has 1 saturated heterocycles. The summed E-state index contributed by atoms with van der Waals surface area (Å²) in [7, 11) is 0. The summed E-state index contributed by atoms with van der Waals surface area (Å²) in [5.41, 5.74) is 6.48. The summed E-state index contributed by atoms with van der Waals surface area (Å²) in [6.07, 6.45) is -0.0869. The highest BCUT2D eigenvalue weighted by atomic mass is 16.5. The number of nitrogens with two attached hydrogens (primary N) is 1. The third-order valence-corrected chi connectivity index (χ3v) is 3.43. The van der Waals surface area contributed by atoms with Gasteiger partial charge in [-0.15, -0.1) is 0 Å². The lowest BCUT2D eigenvalue weighted by Crippen LogP contribution is -2.32. The minimum absolute atomic E-state index is 0.0682. The van der Waals surface area contributed by atoms with Crippen molar-refractivity contribution in [3.63, 3.8) is 0 Å². The van der Waals surface area contributed by atoms with E-state index < -0.39 is 17.8 Å². The largest absolute Gasteiger partial charge is 0.463 e. The van der Waals surface area contributed by atoms with Crippen LogP contribution in [-0.4, -0.2) is 24.4 Å². The molecule has 1 aromatic carbocycles. The molecule has 1 aliphatic heterocycles. The molecule has 2 amide bonds. The molecule has 0 unspecified atom stereocenters. The molecule has 0 aliphatic carbocycles. The third kappa shape index (κ3) is 2.86. The highest BCUT2D eigenvalue weighted by Gasteiger charge is 2.44. The quantitative estimate of drug-likeness (QED) is 0.515. The van der Waals surface area contributed by atoms with Crippen molar-refractivity contribution >= 4 is 23.5 Å². The van der Waals surface area contributed by atoms with E-state index in [0.29, 0.717) is 5.69 Å². The van der Waals surface area contributed by atoms with E-state index in [9.17, 15) is 14.4 Å². The lowest BCUT2D eigenvalue weighted by atomic mass is 9.95. The number of imide groups is 1. The molecular formula is C16H18N2O4. The number of carbonyl (C=O) groups is 3. The van der Waals surface area contributed by atoms with Crippen molar-refractivity contribution < 1.29 is 19.1 Å². The number of esters is 1. The minimum Gasteiger partial charge on any atom is -0.463 e. The first-order chi connectivity index (χ1) is 10.5. The molecule has 1 atom stereocenters. The Morgan fingerprint density at radius 3 is 2.50 bits per heavy atom. The van der Waals surface area contributed by atoms with Crippen molar-refractivity contribution in [2.75, 3.05) is 11.5 Å². The first-order valence-electron chi connectivity index (χ1n) is 7.02. The van der Waals surface area contributed by atoms with Gasteiger partial charge in [-0.25, -0.2) is 4.79 Å². The SMILES string of the molecule is CCOC(=O)/C(=C(/C)N)[C@@H]1CC(=O)N(c2ccccc2)C1=O. The van der Waals surface area contributed by atoms with Crippen LogP contribution >= 0.6 is 0 Å². The van der Waals surface area contributed by atoms with Gasteiger partial charge in [0.25, 0.3) is 0 Å². The van der Waals surface area contributed by atoms with Crippen molar-refractivity contribution in [2.24, 2.45) is 11.7 Å². The average Bonchev–Trinajstić information content (AvgIpc) is 2.75. The second kappa shape index (κ2) is 6.43. The zero-order valence-corrected chi connectivity index (χ0v) is 12.5. The van der Waals surface area contributed by atoms with E-state index >= 15 is 0 Å². The monoisotopic (exact) mass is 302 g/mol. The molecule has 0 aromatic heterocycles. The fourth-order valence-electron chi connectivity index (χ4n) is 2.49. The molecule has 22 heavy (non-hydrogen) atoms. The number of carbonyl (C=O) groups excluding carboxylic acids is 3. The van der Waals surface area contributed by atoms with Crippen LogP contribution in [0, 0.1) is 5.92 Å². The molecular weight excluding hydrogens is 284 g/mol. The van der Waals surface area contributed by atoms with E-state index in [1.807, 2.05) is 0 Å². The maximum Gasteiger partial charge on any atom is 0.336 e. The van der Waals surface area contributed by atoms with Gasteiger partial charge in [0.2, 0.25) is 11.8 Å². The van der Waals surface area contributed by atoms with Gasteiger partial charge in [-0.1, -0.05) is 18.2 Å². The van der Waals surface area contributed by atoms with E-state index in [4.69, 9.17) is 10.5 Å². The Balaban J connectivity index is 2.35. The van der Waals surface area contributed by atoms with Gasteiger partial charge in [-0.2, -0.15) is 0 Å². The van der Waals surface area contributed by atoms with Gasteiger partial charge in [-0.3, -0.25) is 14.5 Å². The first kappa shape index (κ1) is 15.8. The van der Waals surface area contributed by atoms with E-state index in [1.54, 1.807) is 37.3 Å². The number of hydrogen-bond donors (Lipinski definition) is 1. The first-order valence-corrected chi connectivity index (χ1v) is 7.02. The Kier molecular flexibility index (Phi) is 4.60. The second-order valence-corrected chi connectivity index (χ2v) is 4.98. The predicted octanol–water partition coefficient (Wildman–Crippen LogP) is 1.36. The van der Waals surface area contributed by atoms with Gasteiger partial charge in [0.05, 0.1) is 23.8 Å². The van der Waals surface area contributed by atoms with Gasteiger partial charge in [0.1, 0.15) is 0 Å². The fourth-order valence-corrected chi connectivity index (χ4v) is 2.49. The number of amides is 2. The normalized spacial score (nSPS) is 19.2. The van der Waals surface area contributed by atoms with Crippen molar-refractivity contribution in [2.45, 2.75) is 20.3 Å². The summed E-state index contributed by atoms with van der Waals surface area (Å²) in [5.74, 6) is -2.35. The van der Waals surface area contributed by atoms with Gasteiger partial charge in [0, 0.05) is 12.1 Å². The second-order valence-electron chi connectivity index (χ2n) is 4.98. The summed E-state index contributed by atoms with van der Waals surface area (Å²) < 4.78 is 4.94. The molecule has 1 heterocycles. The standard InChI is InChI=1S/C16H18N2O4/c1-3-22-16(21)14(10(2)17)12-9-13(19)18(15(12)20)11-7-5-4-6-8-11/h4-8,12H,3,9,17H2,1-2H3/b14-10-/t12-/m0/s1. The Bertz CT molecular complexity index is 633. The van der Waals surface area contributed by atoms with E-state index in [2.05, 4.69) is 0 Å². The number of benzene rings is 1. The number of rotatable bonds is 4.